The number of benzene rings is 2. The van der Waals surface area contributed by atoms with Crippen molar-refractivity contribution in [1.29, 1.82) is 5.26 Å². The minimum absolute atomic E-state index is 0.0207. The van der Waals surface area contributed by atoms with Crippen molar-refractivity contribution in [3.63, 3.8) is 0 Å². The lowest BCUT2D eigenvalue weighted by atomic mass is 9.94. The summed E-state index contributed by atoms with van der Waals surface area (Å²) in [5.41, 5.74) is 2.12. The summed E-state index contributed by atoms with van der Waals surface area (Å²) in [5.74, 6) is 0. The minimum atomic E-state index is -1.09. The van der Waals surface area contributed by atoms with Gasteiger partial charge in [-0.25, -0.2) is 0 Å². The van der Waals surface area contributed by atoms with E-state index < -0.39 is 5.60 Å². The van der Waals surface area contributed by atoms with Gasteiger partial charge in [0.1, 0.15) is 0 Å². The summed E-state index contributed by atoms with van der Waals surface area (Å²) >= 11 is 12.7. The largest absolute Gasteiger partial charge is 0.384 e. The first kappa shape index (κ1) is 23.3. The van der Waals surface area contributed by atoms with Gasteiger partial charge < -0.3 is 10.0 Å². The molecule has 33 heavy (non-hydrogen) atoms. The highest BCUT2D eigenvalue weighted by Gasteiger charge is 2.34. The number of hydrogen-bond donors (Lipinski definition) is 2. The van der Waals surface area contributed by atoms with Gasteiger partial charge in [0.2, 0.25) is 12.4 Å². The summed E-state index contributed by atoms with van der Waals surface area (Å²) in [5, 5.41) is 31.1. The van der Waals surface area contributed by atoms with E-state index in [1.807, 2.05) is 30.3 Å². The molecule has 2 atom stereocenters. The maximum atomic E-state index is 11.2. The quantitative estimate of drug-likeness (QED) is 0.420. The van der Waals surface area contributed by atoms with Crippen LogP contribution in [0.15, 0.2) is 67.0 Å². The van der Waals surface area contributed by atoms with E-state index in [2.05, 4.69) is 15.9 Å². The van der Waals surface area contributed by atoms with Crippen molar-refractivity contribution in [2.75, 3.05) is 31.1 Å². The summed E-state index contributed by atoms with van der Waals surface area (Å²) in [7, 11) is 0. The number of hydrogen-bond acceptors (Lipinski definition) is 5. The molecule has 2 aromatic carbocycles. The van der Waals surface area contributed by atoms with Crippen molar-refractivity contribution >= 4 is 28.9 Å². The molecule has 0 saturated carbocycles. The van der Waals surface area contributed by atoms with E-state index in [-0.39, 0.29) is 6.04 Å². The molecule has 1 fully saturated rings. The fourth-order valence-corrected chi connectivity index (χ4v) is 4.77. The molecule has 0 radical (unpaired) electrons. The Hall–Kier alpha value is -2.82. The first-order valence-corrected chi connectivity index (χ1v) is 11.4. The summed E-state index contributed by atoms with van der Waals surface area (Å²) < 4.78 is 0.955. The number of anilines is 1. The van der Waals surface area contributed by atoms with Gasteiger partial charge >= 0.3 is 0 Å². The average molecular weight is 484 g/mol. The highest BCUT2D eigenvalue weighted by Crippen LogP contribution is 2.36. The molecule has 0 bridgehead atoms. The molecule has 1 saturated heterocycles. The third-order valence-corrected chi connectivity index (χ3v) is 6.63. The Kier molecular flexibility index (Phi) is 6.78. The molecule has 4 rings (SSSR count). The Balaban J connectivity index is 1.62. The molecule has 2 N–H and O–H groups in total. The fraction of sp³-hybridized carbons (Fsp3) is 0.280. The van der Waals surface area contributed by atoms with Gasteiger partial charge in [-0.05, 0) is 48.4 Å². The number of piperazine rings is 1. The van der Waals surface area contributed by atoms with Crippen LogP contribution in [0, 0.1) is 11.3 Å². The maximum absolute atomic E-state index is 11.2. The predicted octanol–water partition coefficient (Wildman–Crippen LogP) is 4.16. The SMILES string of the molecule is C[C@@](O)(CN1CCN(c2ccc(C#N)cc2Cl)[C@H](c2ccc(Cl)cc2)C1)c1cc[n+](O)cc1. The molecule has 6 nitrogen and oxygen atoms in total. The van der Waals surface area contributed by atoms with E-state index in [0.29, 0.717) is 35.2 Å². The lowest BCUT2D eigenvalue weighted by Crippen LogP contribution is -2.52. The average Bonchev–Trinajstić information content (AvgIpc) is 2.80. The van der Waals surface area contributed by atoms with Crippen molar-refractivity contribution in [3.8, 4) is 6.07 Å². The van der Waals surface area contributed by atoms with Crippen LogP contribution in [-0.4, -0.2) is 41.4 Å². The molecular weight excluding hydrogens is 459 g/mol. The van der Waals surface area contributed by atoms with E-state index in [0.717, 1.165) is 28.1 Å². The van der Waals surface area contributed by atoms with Gasteiger partial charge in [0, 0.05) is 48.1 Å². The van der Waals surface area contributed by atoms with Crippen LogP contribution in [0.25, 0.3) is 0 Å². The number of nitriles is 1. The zero-order valence-corrected chi connectivity index (χ0v) is 19.7. The Morgan fingerprint density at radius 3 is 2.42 bits per heavy atom. The second kappa shape index (κ2) is 9.58. The van der Waals surface area contributed by atoms with Crippen molar-refractivity contribution < 1.29 is 15.0 Å². The van der Waals surface area contributed by atoms with Crippen LogP contribution in [0.4, 0.5) is 5.69 Å². The smallest absolute Gasteiger partial charge is 0.222 e. The number of aromatic nitrogens is 1. The van der Waals surface area contributed by atoms with Gasteiger partial charge in [0.25, 0.3) is 0 Å². The molecule has 3 aromatic rings. The Bertz CT molecular complexity index is 1160. The van der Waals surface area contributed by atoms with Gasteiger partial charge in [-0.2, -0.15) is 5.26 Å². The van der Waals surface area contributed by atoms with Crippen LogP contribution in [0.5, 0.6) is 0 Å². The van der Waals surface area contributed by atoms with Crippen molar-refractivity contribution in [1.82, 2.24) is 4.90 Å². The molecule has 0 unspecified atom stereocenters. The first-order valence-electron chi connectivity index (χ1n) is 10.6. The highest BCUT2D eigenvalue weighted by atomic mass is 35.5. The van der Waals surface area contributed by atoms with Gasteiger partial charge in [0.15, 0.2) is 0 Å². The molecule has 8 heteroatoms. The topological polar surface area (TPSA) is 74.6 Å². The lowest BCUT2D eigenvalue weighted by molar-refractivity contribution is -0.904. The molecule has 1 aromatic heterocycles. The molecule has 170 valence electrons. The van der Waals surface area contributed by atoms with Crippen molar-refractivity contribution in [2.45, 2.75) is 18.6 Å². The summed E-state index contributed by atoms with van der Waals surface area (Å²) in [6, 6.07) is 18.7. The van der Waals surface area contributed by atoms with E-state index in [4.69, 9.17) is 23.2 Å². The van der Waals surface area contributed by atoms with Gasteiger partial charge in [-0.3, -0.25) is 10.1 Å². The monoisotopic (exact) mass is 483 g/mol. The highest BCUT2D eigenvalue weighted by molar-refractivity contribution is 6.33. The molecule has 1 aliphatic rings. The van der Waals surface area contributed by atoms with Crippen LogP contribution < -0.4 is 9.63 Å². The second-order valence-electron chi connectivity index (χ2n) is 8.51. The van der Waals surface area contributed by atoms with E-state index >= 15 is 0 Å². The third kappa shape index (κ3) is 5.23. The summed E-state index contributed by atoms with van der Waals surface area (Å²) in [4.78, 5) is 4.47. The Morgan fingerprint density at radius 1 is 1.09 bits per heavy atom. The number of β-amino-alcohol motifs (C(OH)–C–C–N with tert-alkyl or cyclic N) is 1. The first-order chi connectivity index (χ1) is 15.8. The molecular formula is C25H25Cl2N4O2+. The fourth-order valence-electron chi connectivity index (χ4n) is 4.36. The normalized spacial score (nSPS) is 18.5. The number of nitrogens with zero attached hydrogens (tertiary/aromatic N) is 4. The van der Waals surface area contributed by atoms with E-state index in [9.17, 15) is 15.6 Å². The minimum Gasteiger partial charge on any atom is -0.384 e. The second-order valence-corrected chi connectivity index (χ2v) is 9.36. The molecule has 0 spiro atoms. The Labute approximate surface area is 203 Å². The zero-order valence-electron chi connectivity index (χ0n) is 18.2. The van der Waals surface area contributed by atoms with Crippen molar-refractivity contribution in [3.05, 3.63) is 93.7 Å². The number of halogens is 2. The van der Waals surface area contributed by atoms with E-state index in [1.54, 1.807) is 31.2 Å². The third-order valence-electron chi connectivity index (χ3n) is 6.07. The van der Waals surface area contributed by atoms with Crippen LogP contribution in [0.2, 0.25) is 10.0 Å². The van der Waals surface area contributed by atoms with Crippen LogP contribution in [-0.2, 0) is 5.60 Å². The van der Waals surface area contributed by atoms with Gasteiger partial charge in [0.05, 0.1) is 34.0 Å². The molecule has 2 heterocycles. The molecule has 1 aliphatic heterocycles. The molecule has 0 amide bonds. The molecule has 0 aliphatic carbocycles. The number of pyridine rings is 1. The zero-order chi connectivity index (χ0) is 23.6. The van der Waals surface area contributed by atoms with Crippen LogP contribution in [0.1, 0.15) is 29.7 Å². The maximum Gasteiger partial charge on any atom is 0.222 e. The standard InChI is InChI=1S/C25H25Cl2N4O2/c1-25(32,20-8-10-30(33)11-9-20)17-29-12-13-31(23-7-2-18(15-28)14-22(23)27)24(16-29)19-3-5-21(26)6-4-19/h2-11,14,24,32-33H,12-13,16-17H2,1H3/q+1/t24-,25+/m0/s1. The predicted molar refractivity (Wildman–Crippen MR) is 128 cm³/mol. The van der Waals surface area contributed by atoms with Crippen LogP contribution >= 0.6 is 23.2 Å². The Morgan fingerprint density at radius 2 is 1.79 bits per heavy atom. The summed E-state index contributed by atoms with van der Waals surface area (Å²) in [6.07, 6.45) is 3.01. The number of rotatable bonds is 5. The lowest BCUT2D eigenvalue weighted by Gasteiger charge is -2.45. The number of aliphatic hydroxyl groups is 1. The summed E-state index contributed by atoms with van der Waals surface area (Å²) in [6.45, 7) is 4.30. The van der Waals surface area contributed by atoms with Crippen LogP contribution in [0.3, 0.4) is 0 Å². The van der Waals surface area contributed by atoms with E-state index in [1.165, 1.54) is 12.4 Å². The van der Waals surface area contributed by atoms with Gasteiger partial charge in [-0.15, -0.1) is 0 Å². The van der Waals surface area contributed by atoms with Crippen molar-refractivity contribution in [2.24, 2.45) is 0 Å². The van der Waals surface area contributed by atoms with Gasteiger partial charge in [-0.1, -0.05) is 35.3 Å².